The molecule has 8 heteroatoms. The van der Waals surface area contributed by atoms with Gasteiger partial charge in [0.1, 0.15) is 0 Å². The van der Waals surface area contributed by atoms with E-state index in [1.807, 2.05) is 0 Å². The standard InChI is InChI=1S/C13H10BrNO5S/c1-19-12-6-8(15(17)18)2-3-11(12)20-7-10(16)13-9(14)4-5-21-13/h2-6H,7H2,1H3. The van der Waals surface area contributed by atoms with Crippen molar-refractivity contribution in [2.24, 2.45) is 0 Å². The maximum atomic E-state index is 12.0. The molecule has 0 spiro atoms. The highest BCUT2D eigenvalue weighted by Crippen LogP contribution is 2.31. The number of carbonyl (C=O) groups excluding carboxylic acids is 1. The lowest BCUT2D eigenvalue weighted by Crippen LogP contribution is -2.11. The molecule has 1 heterocycles. The van der Waals surface area contributed by atoms with Crippen LogP contribution in [0.4, 0.5) is 5.69 Å². The van der Waals surface area contributed by atoms with Crippen molar-refractivity contribution in [1.82, 2.24) is 0 Å². The number of halogens is 1. The fourth-order valence-corrected chi connectivity index (χ4v) is 3.11. The van der Waals surface area contributed by atoms with Crippen LogP contribution in [0.15, 0.2) is 34.1 Å². The summed E-state index contributed by atoms with van der Waals surface area (Å²) in [6.45, 7) is -0.173. The normalized spacial score (nSPS) is 10.2. The third-order valence-corrected chi connectivity index (χ3v) is 4.47. The van der Waals surface area contributed by atoms with Crippen molar-refractivity contribution in [2.45, 2.75) is 0 Å². The summed E-state index contributed by atoms with van der Waals surface area (Å²) < 4.78 is 11.1. The lowest BCUT2D eigenvalue weighted by Gasteiger charge is -2.09. The average molecular weight is 372 g/mol. The quantitative estimate of drug-likeness (QED) is 0.439. The first-order valence-corrected chi connectivity index (χ1v) is 7.41. The van der Waals surface area contributed by atoms with Gasteiger partial charge in [-0.1, -0.05) is 0 Å². The van der Waals surface area contributed by atoms with Crippen LogP contribution in [-0.2, 0) is 0 Å². The van der Waals surface area contributed by atoms with Gasteiger partial charge in [0.25, 0.3) is 5.69 Å². The number of hydrogen-bond acceptors (Lipinski definition) is 6. The van der Waals surface area contributed by atoms with Gasteiger partial charge in [-0.25, -0.2) is 0 Å². The molecule has 0 atom stereocenters. The maximum Gasteiger partial charge on any atom is 0.273 e. The Morgan fingerprint density at radius 1 is 1.38 bits per heavy atom. The molecule has 6 nitrogen and oxygen atoms in total. The first-order chi connectivity index (χ1) is 10.0. The van der Waals surface area contributed by atoms with Gasteiger partial charge < -0.3 is 9.47 Å². The minimum atomic E-state index is -0.528. The predicted octanol–water partition coefficient (Wildman–Crippen LogP) is 3.69. The first-order valence-electron chi connectivity index (χ1n) is 5.74. The van der Waals surface area contributed by atoms with Gasteiger partial charge in [0, 0.05) is 10.5 Å². The Labute approximate surface area is 132 Å². The minimum Gasteiger partial charge on any atom is -0.493 e. The molecule has 1 aromatic carbocycles. The van der Waals surface area contributed by atoms with Crippen molar-refractivity contribution in [3.8, 4) is 11.5 Å². The van der Waals surface area contributed by atoms with Crippen LogP contribution >= 0.6 is 27.3 Å². The van der Waals surface area contributed by atoms with Crippen LogP contribution in [0.25, 0.3) is 0 Å². The lowest BCUT2D eigenvalue weighted by molar-refractivity contribution is -0.384. The molecule has 0 saturated carbocycles. The molecule has 2 rings (SSSR count). The number of thiophene rings is 1. The Kier molecular flexibility index (Phi) is 4.92. The van der Waals surface area contributed by atoms with Gasteiger partial charge in [0.05, 0.1) is 23.0 Å². The fourth-order valence-electron chi connectivity index (χ4n) is 1.59. The molecule has 0 amide bonds. The van der Waals surface area contributed by atoms with Crippen molar-refractivity contribution < 1.29 is 19.2 Å². The summed E-state index contributed by atoms with van der Waals surface area (Å²) in [5.74, 6) is 0.309. The molecular weight excluding hydrogens is 362 g/mol. The van der Waals surface area contributed by atoms with Gasteiger partial charge in [-0.2, -0.15) is 0 Å². The summed E-state index contributed by atoms with van der Waals surface area (Å²) in [4.78, 5) is 22.7. The first kappa shape index (κ1) is 15.5. The summed E-state index contributed by atoms with van der Waals surface area (Å²) in [5, 5.41) is 12.5. The van der Waals surface area contributed by atoms with E-state index >= 15 is 0 Å². The van der Waals surface area contributed by atoms with E-state index in [2.05, 4.69) is 15.9 Å². The van der Waals surface area contributed by atoms with E-state index in [1.165, 1.54) is 36.6 Å². The highest BCUT2D eigenvalue weighted by atomic mass is 79.9. The highest BCUT2D eigenvalue weighted by Gasteiger charge is 2.16. The second kappa shape index (κ2) is 6.68. The van der Waals surface area contributed by atoms with Crippen molar-refractivity contribution in [2.75, 3.05) is 13.7 Å². The lowest BCUT2D eigenvalue weighted by atomic mass is 10.3. The monoisotopic (exact) mass is 371 g/mol. The number of hydrogen-bond donors (Lipinski definition) is 0. The maximum absolute atomic E-state index is 12.0. The summed E-state index contributed by atoms with van der Waals surface area (Å²) in [7, 11) is 1.38. The molecule has 1 aromatic heterocycles. The van der Waals surface area contributed by atoms with Crippen molar-refractivity contribution in [3.05, 3.63) is 49.1 Å². The van der Waals surface area contributed by atoms with E-state index in [0.717, 1.165) is 4.47 Å². The van der Waals surface area contributed by atoms with Gasteiger partial charge in [0.2, 0.25) is 5.78 Å². The molecule has 0 aliphatic rings. The van der Waals surface area contributed by atoms with Gasteiger partial charge in [-0.3, -0.25) is 14.9 Å². The van der Waals surface area contributed by atoms with Crippen LogP contribution in [0.1, 0.15) is 9.67 Å². The van der Waals surface area contributed by atoms with Gasteiger partial charge in [-0.05, 0) is 33.4 Å². The second-order valence-corrected chi connectivity index (χ2v) is 5.67. The number of nitrogens with zero attached hydrogens (tertiary/aromatic N) is 1. The number of ketones is 1. The second-order valence-electron chi connectivity index (χ2n) is 3.90. The van der Waals surface area contributed by atoms with Gasteiger partial charge in [0.15, 0.2) is 18.1 Å². The number of Topliss-reactive ketones (excluding diaryl/α,β-unsaturated/α-hetero) is 1. The molecule has 0 unspecified atom stereocenters. The van der Waals surface area contributed by atoms with Gasteiger partial charge >= 0.3 is 0 Å². The SMILES string of the molecule is COc1cc([N+](=O)[O-])ccc1OCC(=O)c1sccc1Br. The number of rotatable bonds is 6. The minimum absolute atomic E-state index is 0.105. The third kappa shape index (κ3) is 3.59. The molecule has 0 fully saturated rings. The fraction of sp³-hybridized carbons (Fsp3) is 0.154. The molecular formula is C13H10BrNO5S. The molecule has 0 N–H and O–H groups in total. The van der Waals surface area contributed by atoms with Crippen molar-refractivity contribution in [3.63, 3.8) is 0 Å². The molecule has 21 heavy (non-hydrogen) atoms. The van der Waals surface area contributed by atoms with Crippen LogP contribution in [0.3, 0.4) is 0 Å². The number of ether oxygens (including phenoxy) is 2. The molecule has 0 radical (unpaired) electrons. The summed E-state index contributed by atoms with van der Waals surface area (Å²) >= 11 is 4.59. The van der Waals surface area contributed by atoms with Gasteiger partial charge in [-0.15, -0.1) is 11.3 Å². The molecule has 0 saturated heterocycles. The molecule has 110 valence electrons. The molecule has 0 aliphatic heterocycles. The molecule has 0 aliphatic carbocycles. The van der Waals surface area contributed by atoms with E-state index in [4.69, 9.17) is 9.47 Å². The topological polar surface area (TPSA) is 78.7 Å². The van der Waals surface area contributed by atoms with E-state index in [0.29, 0.717) is 4.88 Å². The summed E-state index contributed by atoms with van der Waals surface area (Å²) in [5.41, 5.74) is -0.105. The van der Waals surface area contributed by atoms with Crippen LogP contribution in [-0.4, -0.2) is 24.4 Å². The van der Waals surface area contributed by atoms with Crippen LogP contribution in [0.2, 0.25) is 0 Å². The molecule has 0 bridgehead atoms. The molecule has 2 aromatic rings. The van der Waals surface area contributed by atoms with Crippen molar-refractivity contribution >= 4 is 38.7 Å². The average Bonchev–Trinajstić information content (AvgIpc) is 2.90. The smallest absolute Gasteiger partial charge is 0.273 e. The number of nitro groups is 1. The van der Waals surface area contributed by atoms with E-state index in [1.54, 1.807) is 11.4 Å². The van der Waals surface area contributed by atoms with E-state index < -0.39 is 4.92 Å². The van der Waals surface area contributed by atoms with Crippen LogP contribution in [0.5, 0.6) is 11.5 Å². The summed E-state index contributed by atoms with van der Waals surface area (Å²) in [6, 6.07) is 5.74. The van der Waals surface area contributed by atoms with E-state index in [9.17, 15) is 14.9 Å². The zero-order valence-corrected chi connectivity index (χ0v) is 13.3. The van der Waals surface area contributed by atoms with E-state index in [-0.39, 0.29) is 29.6 Å². The number of methoxy groups -OCH3 is 1. The van der Waals surface area contributed by atoms with Crippen LogP contribution < -0.4 is 9.47 Å². The number of carbonyl (C=O) groups is 1. The Balaban J connectivity index is 2.11. The summed E-state index contributed by atoms with van der Waals surface area (Å²) in [6.07, 6.45) is 0. The zero-order valence-electron chi connectivity index (χ0n) is 10.9. The Morgan fingerprint density at radius 3 is 2.71 bits per heavy atom. The van der Waals surface area contributed by atoms with Crippen LogP contribution in [0, 0.1) is 10.1 Å². The highest BCUT2D eigenvalue weighted by molar-refractivity contribution is 9.10. The largest absolute Gasteiger partial charge is 0.493 e. The Bertz CT molecular complexity index is 685. The van der Waals surface area contributed by atoms with Crippen molar-refractivity contribution in [1.29, 1.82) is 0 Å². The number of nitro benzene ring substituents is 1. The number of benzene rings is 1. The zero-order chi connectivity index (χ0) is 15.4. The third-order valence-electron chi connectivity index (χ3n) is 2.59. The Morgan fingerprint density at radius 2 is 2.14 bits per heavy atom. The predicted molar refractivity (Wildman–Crippen MR) is 81.5 cm³/mol. The number of non-ortho nitro benzene ring substituents is 1. The Hall–Kier alpha value is -1.93.